The Hall–Kier alpha value is -6.85. The lowest BCUT2D eigenvalue weighted by Gasteiger charge is -2.28. The molecule has 9 aromatic rings. The topological polar surface area (TPSA) is 24.3 Å². The first-order valence-corrected chi connectivity index (χ1v) is 22.8. The minimum Gasteiger partial charge on any atom is -0.321 e. The molecule has 2 aromatic heterocycles. The van der Waals surface area contributed by atoms with Gasteiger partial charge in [-0.15, -0.1) is 0 Å². The predicted octanol–water partition coefficient (Wildman–Crippen LogP) is 13.1. The standard InChI is InChI=1S/C59H57BN4/c1-39-32-40(2)57(41(3)33-39)60(46-27-29-50-49-22-13-14-23-51(49)64(55(50)37-46)56-35-44(30-31-61-56)59(7,8)9)45-20-17-21-47(36-45)62-38-63(53-25-16-15-24-52(53)62)54-34-43(58(4,5)6)26-28-48(54)42-18-11-10-12-19-42/h10-37H,38H2,1-9H3. The molecular weight excluding hydrogens is 775 g/mol. The molecule has 0 saturated heterocycles. The van der Waals surface area contributed by atoms with Crippen molar-refractivity contribution >= 4 is 67.7 Å². The minimum absolute atomic E-state index is 0.00281. The van der Waals surface area contributed by atoms with Gasteiger partial charge in [-0.3, -0.25) is 4.57 Å². The minimum atomic E-state index is -0.0209. The van der Waals surface area contributed by atoms with E-state index in [1.165, 1.54) is 88.9 Å². The van der Waals surface area contributed by atoms with Crippen LogP contribution in [0.3, 0.4) is 0 Å². The second-order valence-corrected chi connectivity index (χ2v) is 20.0. The van der Waals surface area contributed by atoms with E-state index in [0.717, 1.165) is 16.9 Å². The average molecular weight is 833 g/mol. The van der Waals surface area contributed by atoms with Gasteiger partial charge in [-0.2, -0.15) is 0 Å². The molecule has 0 spiro atoms. The van der Waals surface area contributed by atoms with Gasteiger partial charge in [0.25, 0.3) is 0 Å². The first-order chi connectivity index (χ1) is 30.7. The Morgan fingerprint density at radius 1 is 0.500 bits per heavy atom. The van der Waals surface area contributed by atoms with Gasteiger partial charge in [0, 0.05) is 28.2 Å². The zero-order valence-electron chi connectivity index (χ0n) is 38.7. The van der Waals surface area contributed by atoms with Crippen molar-refractivity contribution in [3.8, 4) is 16.9 Å². The lowest BCUT2D eigenvalue weighted by molar-refractivity contribution is 0.588. The van der Waals surface area contributed by atoms with Crippen LogP contribution in [0.4, 0.5) is 22.7 Å². The molecule has 1 aliphatic rings. The van der Waals surface area contributed by atoms with Crippen LogP contribution in [0.25, 0.3) is 38.8 Å². The molecule has 64 heavy (non-hydrogen) atoms. The number of aryl methyl sites for hydroxylation is 3. The maximum atomic E-state index is 5.02. The molecule has 1 aliphatic heterocycles. The predicted molar refractivity (Wildman–Crippen MR) is 275 cm³/mol. The van der Waals surface area contributed by atoms with Crippen LogP contribution in [-0.4, -0.2) is 22.9 Å². The van der Waals surface area contributed by atoms with E-state index in [1.54, 1.807) is 0 Å². The van der Waals surface area contributed by atoms with Crippen LogP contribution in [0.1, 0.15) is 69.4 Å². The molecule has 5 heteroatoms. The van der Waals surface area contributed by atoms with Crippen LogP contribution in [0.15, 0.2) is 170 Å². The van der Waals surface area contributed by atoms with Crippen molar-refractivity contribution in [3.05, 3.63) is 198 Å². The molecule has 0 aliphatic carbocycles. The van der Waals surface area contributed by atoms with Crippen molar-refractivity contribution < 1.29 is 0 Å². The highest BCUT2D eigenvalue weighted by Gasteiger charge is 2.32. The van der Waals surface area contributed by atoms with Gasteiger partial charge in [0.15, 0.2) is 0 Å². The van der Waals surface area contributed by atoms with Crippen molar-refractivity contribution in [1.29, 1.82) is 0 Å². The van der Waals surface area contributed by atoms with Crippen molar-refractivity contribution in [3.63, 3.8) is 0 Å². The van der Waals surface area contributed by atoms with Crippen LogP contribution >= 0.6 is 0 Å². The lowest BCUT2D eigenvalue weighted by atomic mass is 9.35. The molecule has 0 bridgehead atoms. The molecule has 4 nitrogen and oxygen atoms in total. The van der Waals surface area contributed by atoms with Gasteiger partial charge in [-0.1, -0.05) is 184 Å². The second kappa shape index (κ2) is 15.7. The summed E-state index contributed by atoms with van der Waals surface area (Å²) in [7, 11) is 0. The molecule has 7 aromatic carbocycles. The SMILES string of the molecule is Cc1cc(C)c(B(c2cccc(N3CN(c4cc(C(C)(C)C)ccc4-c4ccccc4)c4ccccc43)c2)c2ccc3c4ccccc4n(-c4cc(C(C)(C)C)ccn4)c3c2)c(C)c1. The molecule has 10 rings (SSSR count). The van der Waals surface area contributed by atoms with Crippen LogP contribution in [-0.2, 0) is 10.8 Å². The molecule has 0 atom stereocenters. The van der Waals surface area contributed by atoms with E-state index in [1.807, 2.05) is 6.20 Å². The summed E-state index contributed by atoms with van der Waals surface area (Å²) in [4.78, 5) is 10.0. The third-order valence-electron chi connectivity index (χ3n) is 13.4. The number of para-hydroxylation sites is 3. The monoisotopic (exact) mass is 832 g/mol. The fraction of sp³-hybridized carbons (Fsp3) is 0.203. The van der Waals surface area contributed by atoms with Crippen LogP contribution in [0, 0.1) is 20.8 Å². The number of hydrogen-bond acceptors (Lipinski definition) is 3. The normalized spacial score (nSPS) is 13.0. The summed E-state index contributed by atoms with van der Waals surface area (Å²) in [6, 6.07) is 61.1. The van der Waals surface area contributed by atoms with Gasteiger partial charge < -0.3 is 9.80 Å². The molecule has 0 radical (unpaired) electrons. The maximum absolute atomic E-state index is 5.02. The van der Waals surface area contributed by atoms with Crippen molar-refractivity contribution in [2.75, 3.05) is 16.5 Å². The van der Waals surface area contributed by atoms with Crippen LogP contribution in [0.5, 0.6) is 0 Å². The Labute approximate surface area is 379 Å². The summed E-state index contributed by atoms with van der Waals surface area (Å²) in [5, 5.41) is 2.46. The summed E-state index contributed by atoms with van der Waals surface area (Å²) in [5.74, 6) is 0.942. The van der Waals surface area contributed by atoms with Crippen molar-refractivity contribution in [2.24, 2.45) is 0 Å². The molecule has 316 valence electrons. The number of pyridine rings is 1. The average Bonchev–Trinajstić information content (AvgIpc) is 3.83. The van der Waals surface area contributed by atoms with Gasteiger partial charge in [0.05, 0.1) is 28.1 Å². The molecule has 3 heterocycles. The van der Waals surface area contributed by atoms with Gasteiger partial charge >= 0.3 is 0 Å². The number of fused-ring (bicyclic) bond motifs is 4. The Kier molecular flexibility index (Phi) is 10.1. The van der Waals surface area contributed by atoms with E-state index >= 15 is 0 Å². The van der Waals surface area contributed by atoms with Crippen molar-refractivity contribution in [1.82, 2.24) is 9.55 Å². The summed E-state index contributed by atoms with van der Waals surface area (Å²) in [6.45, 7) is 21.2. The fourth-order valence-corrected chi connectivity index (χ4v) is 10.2. The van der Waals surface area contributed by atoms with Crippen molar-refractivity contribution in [2.45, 2.75) is 73.1 Å². The Morgan fingerprint density at radius 2 is 1.14 bits per heavy atom. The fourth-order valence-electron chi connectivity index (χ4n) is 10.2. The van der Waals surface area contributed by atoms with E-state index in [-0.39, 0.29) is 17.5 Å². The zero-order valence-corrected chi connectivity index (χ0v) is 38.7. The highest BCUT2D eigenvalue weighted by atomic mass is 15.4. The summed E-state index contributed by atoms with van der Waals surface area (Å²) < 4.78 is 2.37. The molecule has 0 N–H and O–H groups in total. The van der Waals surface area contributed by atoms with E-state index in [0.29, 0.717) is 6.67 Å². The van der Waals surface area contributed by atoms with Gasteiger partial charge in [-0.05, 0) is 103 Å². The number of hydrogen-bond donors (Lipinski definition) is 0. The molecular formula is C59H57BN4. The molecule has 0 saturated carbocycles. The first kappa shape index (κ1) is 41.2. The van der Waals surface area contributed by atoms with Crippen LogP contribution < -0.4 is 26.2 Å². The number of nitrogens with zero attached hydrogens (tertiary/aromatic N) is 4. The third kappa shape index (κ3) is 7.27. The van der Waals surface area contributed by atoms with E-state index in [2.05, 4.69) is 240 Å². The van der Waals surface area contributed by atoms with Gasteiger partial charge in [-0.25, -0.2) is 4.98 Å². The first-order valence-electron chi connectivity index (χ1n) is 22.8. The van der Waals surface area contributed by atoms with E-state index in [9.17, 15) is 0 Å². The van der Waals surface area contributed by atoms with Gasteiger partial charge in [0.1, 0.15) is 12.5 Å². The molecule has 0 fully saturated rings. The smallest absolute Gasteiger partial charge is 0.242 e. The Balaban J connectivity index is 1.14. The summed E-state index contributed by atoms with van der Waals surface area (Å²) >= 11 is 0. The Morgan fingerprint density at radius 3 is 1.88 bits per heavy atom. The van der Waals surface area contributed by atoms with E-state index < -0.39 is 0 Å². The van der Waals surface area contributed by atoms with Crippen LogP contribution in [0.2, 0.25) is 0 Å². The lowest BCUT2D eigenvalue weighted by Crippen LogP contribution is -2.54. The van der Waals surface area contributed by atoms with Gasteiger partial charge in [0.2, 0.25) is 6.71 Å². The maximum Gasteiger partial charge on any atom is 0.242 e. The largest absolute Gasteiger partial charge is 0.321 e. The molecule has 0 amide bonds. The summed E-state index contributed by atoms with van der Waals surface area (Å²) in [6.07, 6.45) is 1.97. The summed E-state index contributed by atoms with van der Waals surface area (Å²) in [5.41, 5.74) is 19.9. The number of rotatable bonds is 7. The highest BCUT2D eigenvalue weighted by Crippen LogP contribution is 2.47. The van der Waals surface area contributed by atoms with E-state index in [4.69, 9.17) is 4.98 Å². The number of aromatic nitrogens is 2. The third-order valence-corrected chi connectivity index (χ3v) is 13.4. The number of benzene rings is 7. The quantitative estimate of drug-likeness (QED) is 0.150. The zero-order chi connectivity index (χ0) is 44.5. The number of anilines is 4. The second-order valence-electron chi connectivity index (χ2n) is 20.0. The highest BCUT2D eigenvalue weighted by molar-refractivity contribution is 6.96. The molecule has 0 unspecified atom stereocenters. The Bertz CT molecular complexity index is 3200.